The molecule has 0 saturated heterocycles. The molecule has 3 aromatic rings. The molecule has 2 aromatic carbocycles. The number of nitrogens with one attached hydrogen (secondary N) is 1. The van der Waals surface area contributed by atoms with E-state index in [1.165, 1.54) is 17.3 Å². The Morgan fingerprint density at radius 3 is 2.68 bits per heavy atom. The fraction of sp³-hybridized carbons (Fsp3) is 0.200. The molecule has 0 atom stereocenters. The highest BCUT2D eigenvalue weighted by Crippen LogP contribution is 2.24. The quantitative estimate of drug-likeness (QED) is 0.375. The monoisotopic (exact) mass is 413 g/mol. The molecule has 28 heavy (non-hydrogen) atoms. The average molecular weight is 414 g/mol. The molecule has 0 fully saturated rings. The first-order valence-corrected chi connectivity index (χ1v) is 9.98. The second-order valence-electron chi connectivity index (χ2n) is 6.26. The van der Waals surface area contributed by atoms with Crippen molar-refractivity contribution in [3.63, 3.8) is 0 Å². The number of aryl methyl sites for hydroxylation is 1. The second kappa shape index (κ2) is 9.03. The van der Waals surface area contributed by atoms with E-state index >= 15 is 0 Å². The van der Waals surface area contributed by atoms with Gasteiger partial charge in [0.2, 0.25) is 0 Å². The van der Waals surface area contributed by atoms with E-state index in [1.807, 2.05) is 67.9 Å². The molecule has 1 amide bonds. The molecule has 1 heterocycles. The number of hydrogen-bond donors (Lipinski definition) is 1. The topological polar surface area (TPSA) is 72.2 Å². The van der Waals surface area contributed by atoms with E-state index in [-0.39, 0.29) is 11.7 Å². The van der Waals surface area contributed by atoms with Crippen LogP contribution in [0.15, 0.2) is 58.8 Å². The van der Waals surface area contributed by atoms with Gasteiger partial charge in [-0.2, -0.15) is 5.10 Å². The van der Waals surface area contributed by atoms with Crippen LogP contribution in [0, 0.1) is 6.92 Å². The molecule has 0 spiro atoms. The molecule has 1 N–H and O–H groups in total. The summed E-state index contributed by atoms with van der Waals surface area (Å²) in [5, 5.41) is 13.8. The molecule has 0 radical (unpaired) electrons. The van der Waals surface area contributed by atoms with Gasteiger partial charge in [-0.05, 0) is 31.5 Å². The lowest BCUT2D eigenvalue weighted by Gasteiger charge is -2.05. The van der Waals surface area contributed by atoms with Crippen LogP contribution in [0.3, 0.4) is 0 Å². The summed E-state index contributed by atoms with van der Waals surface area (Å²) in [5.74, 6) is 0.675. The van der Waals surface area contributed by atoms with Crippen LogP contribution in [0.2, 0.25) is 5.02 Å². The number of amides is 1. The lowest BCUT2D eigenvalue weighted by molar-refractivity contribution is -0.118. The van der Waals surface area contributed by atoms with Gasteiger partial charge in [0.05, 0.1) is 11.5 Å². The minimum atomic E-state index is -0.205. The Bertz CT molecular complexity index is 1010. The Kier molecular flexibility index (Phi) is 6.49. The Labute approximate surface area is 173 Å². The van der Waals surface area contributed by atoms with Gasteiger partial charge in [-0.3, -0.25) is 4.79 Å². The summed E-state index contributed by atoms with van der Waals surface area (Å²) in [6.45, 7) is 3.89. The minimum absolute atomic E-state index is 0.187. The van der Waals surface area contributed by atoms with E-state index in [9.17, 15) is 4.79 Å². The van der Waals surface area contributed by atoms with E-state index in [4.69, 9.17) is 11.6 Å². The number of hydrogen-bond acceptors (Lipinski definition) is 5. The van der Waals surface area contributed by atoms with E-state index in [0.717, 1.165) is 16.8 Å². The minimum Gasteiger partial charge on any atom is -0.305 e. The van der Waals surface area contributed by atoms with Gasteiger partial charge in [-0.1, -0.05) is 65.3 Å². The number of halogens is 1. The Morgan fingerprint density at radius 2 is 1.96 bits per heavy atom. The largest absolute Gasteiger partial charge is 0.305 e. The number of aromatic nitrogens is 3. The van der Waals surface area contributed by atoms with Crippen molar-refractivity contribution in [2.45, 2.75) is 19.0 Å². The van der Waals surface area contributed by atoms with Crippen molar-refractivity contribution in [1.29, 1.82) is 0 Å². The van der Waals surface area contributed by atoms with E-state index < -0.39 is 0 Å². The lowest BCUT2D eigenvalue weighted by Crippen LogP contribution is -2.21. The van der Waals surface area contributed by atoms with Gasteiger partial charge in [0.25, 0.3) is 5.91 Å². The number of benzene rings is 2. The summed E-state index contributed by atoms with van der Waals surface area (Å²) < 4.78 is 1.84. The first-order chi connectivity index (χ1) is 13.4. The van der Waals surface area contributed by atoms with Crippen LogP contribution < -0.4 is 5.43 Å². The lowest BCUT2D eigenvalue weighted by atomic mass is 10.1. The van der Waals surface area contributed by atoms with Crippen molar-refractivity contribution in [2.24, 2.45) is 12.1 Å². The molecular formula is C20H20ClN5OS. The molecule has 0 unspecified atom stereocenters. The van der Waals surface area contributed by atoms with Gasteiger partial charge >= 0.3 is 0 Å². The SMILES string of the molecule is C/C(=N\NC(=O)CSc1nnc(-c2cccc(Cl)c2)n1C)c1ccc(C)cc1. The van der Waals surface area contributed by atoms with Crippen molar-refractivity contribution in [1.82, 2.24) is 20.2 Å². The number of nitrogens with zero attached hydrogens (tertiary/aromatic N) is 4. The fourth-order valence-corrected chi connectivity index (χ4v) is 3.38. The average Bonchev–Trinajstić information content (AvgIpc) is 3.05. The molecule has 1 aromatic heterocycles. The van der Waals surface area contributed by atoms with Crippen LogP contribution in [0.1, 0.15) is 18.1 Å². The van der Waals surface area contributed by atoms with Gasteiger partial charge in [0, 0.05) is 17.6 Å². The zero-order chi connectivity index (χ0) is 20.1. The molecule has 0 aliphatic heterocycles. The third kappa shape index (κ3) is 4.99. The third-order valence-corrected chi connectivity index (χ3v) is 5.32. The Morgan fingerprint density at radius 1 is 1.21 bits per heavy atom. The predicted octanol–water partition coefficient (Wildman–Crippen LogP) is 4.08. The Balaban J connectivity index is 1.59. The summed E-state index contributed by atoms with van der Waals surface area (Å²) in [4.78, 5) is 12.1. The number of thioether (sulfide) groups is 1. The van der Waals surface area contributed by atoms with Crippen LogP contribution in [-0.4, -0.2) is 32.1 Å². The highest BCUT2D eigenvalue weighted by atomic mass is 35.5. The van der Waals surface area contributed by atoms with Crippen molar-refractivity contribution in [2.75, 3.05) is 5.75 Å². The van der Waals surface area contributed by atoms with Crippen molar-refractivity contribution >= 4 is 35.0 Å². The standard InChI is InChI=1S/C20H20ClN5OS/c1-13-7-9-15(10-8-13)14(2)22-23-18(27)12-28-20-25-24-19(26(20)3)16-5-4-6-17(21)11-16/h4-11H,12H2,1-3H3,(H,23,27)/b22-14+. The maximum absolute atomic E-state index is 12.1. The third-order valence-electron chi connectivity index (χ3n) is 4.07. The van der Waals surface area contributed by atoms with Crippen molar-refractivity contribution in [3.05, 3.63) is 64.7 Å². The molecule has 3 rings (SSSR count). The van der Waals surface area contributed by atoms with Gasteiger partial charge in [-0.25, -0.2) is 5.43 Å². The van der Waals surface area contributed by atoms with Crippen LogP contribution >= 0.6 is 23.4 Å². The molecule has 0 bridgehead atoms. The highest BCUT2D eigenvalue weighted by molar-refractivity contribution is 7.99. The second-order valence-corrected chi connectivity index (χ2v) is 7.64. The normalized spacial score (nSPS) is 11.5. The summed E-state index contributed by atoms with van der Waals surface area (Å²) >= 11 is 7.34. The van der Waals surface area contributed by atoms with Crippen molar-refractivity contribution < 1.29 is 4.79 Å². The predicted molar refractivity (Wildman–Crippen MR) is 114 cm³/mol. The van der Waals surface area contributed by atoms with Crippen molar-refractivity contribution in [3.8, 4) is 11.4 Å². The number of hydrazone groups is 1. The summed E-state index contributed by atoms with van der Waals surface area (Å²) in [6.07, 6.45) is 0. The fourth-order valence-electron chi connectivity index (χ4n) is 2.49. The summed E-state index contributed by atoms with van der Waals surface area (Å²) in [7, 11) is 1.86. The smallest absolute Gasteiger partial charge is 0.250 e. The molecule has 0 saturated carbocycles. The number of carbonyl (C=O) groups excluding carboxylic acids is 1. The maximum Gasteiger partial charge on any atom is 0.250 e. The van der Waals surface area contributed by atoms with Gasteiger partial charge in [0.1, 0.15) is 0 Å². The van der Waals surface area contributed by atoms with E-state index in [0.29, 0.717) is 16.0 Å². The molecule has 0 aliphatic carbocycles. The summed E-state index contributed by atoms with van der Waals surface area (Å²) in [5.41, 5.74) is 6.36. The number of rotatable bonds is 6. The van der Waals surface area contributed by atoms with Gasteiger partial charge in [-0.15, -0.1) is 10.2 Å². The Hall–Kier alpha value is -2.64. The molecule has 6 nitrogen and oxygen atoms in total. The van der Waals surface area contributed by atoms with Crippen LogP contribution in [0.4, 0.5) is 0 Å². The molecule has 0 aliphatic rings. The van der Waals surface area contributed by atoms with Crippen LogP contribution in [-0.2, 0) is 11.8 Å². The van der Waals surface area contributed by atoms with E-state index in [1.54, 1.807) is 6.07 Å². The van der Waals surface area contributed by atoms with Gasteiger partial charge < -0.3 is 4.57 Å². The number of carbonyl (C=O) groups is 1. The summed E-state index contributed by atoms with van der Waals surface area (Å²) in [6, 6.07) is 15.4. The molecule has 8 heteroatoms. The van der Waals surface area contributed by atoms with E-state index in [2.05, 4.69) is 20.7 Å². The first-order valence-electron chi connectivity index (χ1n) is 8.62. The molecule has 144 valence electrons. The molecular weight excluding hydrogens is 394 g/mol. The highest BCUT2D eigenvalue weighted by Gasteiger charge is 2.13. The first kappa shape index (κ1) is 20.1. The zero-order valence-electron chi connectivity index (χ0n) is 15.8. The van der Waals surface area contributed by atoms with Crippen LogP contribution in [0.5, 0.6) is 0 Å². The zero-order valence-corrected chi connectivity index (χ0v) is 17.4. The maximum atomic E-state index is 12.1. The van der Waals surface area contributed by atoms with Crippen LogP contribution in [0.25, 0.3) is 11.4 Å². The van der Waals surface area contributed by atoms with Gasteiger partial charge in [0.15, 0.2) is 11.0 Å².